The average Bonchev–Trinajstić information content (AvgIpc) is 2.99. The zero-order valence-corrected chi connectivity index (χ0v) is 24.5. The molecule has 5 rings (SSSR count). The lowest BCUT2D eigenvalue weighted by Gasteiger charge is -2.54. The van der Waals surface area contributed by atoms with Gasteiger partial charge in [-0.25, -0.2) is 9.59 Å². The van der Waals surface area contributed by atoms with Crippen molar-refractivity contribution in [2.24, 2.45) is 17.3 Å². The first kappa shape index (κ1) is 32.1. The highest BCUT2D eigenvalue weighted by molar-refractivity contribution is 5.90. The van der Waals surface area contributed by atoms with E-state index in [2.05, 4.69) is 0 Å². The van der Waals surface area contributed by atoms with Gasteiger partial charge >= 0.3 is 24.3 Å². The molecule has 0 heterocycles. The molecule has 0 aliphatic heterocycles. The van der Waals surface area contributed by atoms with Gasteiger partial charge in [-0.15, -0.1) is 0 Å². The van der Waals surface area contributed by atoms with Crippen LogP contribution in [0.1, 0.15) is 62.7 Å². The Labute approximate surface area is 256 Å². The van der Waals surface area contributed by atoms with E-state index < -0.39 is 64.9 Å². The van der Waals surface area contributed by atoms with Crippen molar-refractivity contribution in [2.45, 2.75) is 51.2 Å². The van der Waals surface area contributed by atoms with Gasteiger partial charge in [-0.1, -0.05) is 62.4 Å². The number of allylic oxidation sites excluding steroid dienone is 4. The van der Waals surface area contributed by atoms with Gasteiger partial charge in [-0.05, 0) is 77.9 Å². The second-order valence-corrected chi connectivity index (χ2v) is 11.7. The van der Waals surface area contributed by atoms with Crippen LogP contribution in [0.15, 0.2) is 97.1 Å². The summed E-state index contributed by atoms with van der Waals surface area (Å²) in [5.74, 6) is -3.08. The van der Waals surface area contributed by atoms with Crippen LogP contribution in [0.5, 0.6) is 0 Å². The molecule has 236 valence electrons. The van der Waals surface area contributed by atoms with Gasteiger partial charge < -0.3 is 9.47 Å². The van der Waals surface area contributed by atoms with Crippen LogP contribution in [0.25, 0.3) is 0 Å². The van der Waals surface area contributed by atoms with E-state index >= 15 is 0 Å². The third-order valence-electron chi connectivity index (χ3n) is 9.07. The van der Waals surface area contributed by atoms with Gasteiger partial charge in [-0.2, -0.15) is 26.3 Å². The maximum atomic E-state index is 13.5. The average molecular weight is 629 g/mol. The summed E-state index contributed by atoms with van der Waals surface area (Å²) in [4.78, 5) is 27.0. The molecule has 0 radical (unpaired) electrons. The van der Waals surface area contributed by atoms with E-state index in [9.17, 15) is 35.9 Å². The number of hydrogen-bond donors (Lipinski definition) is 0. The smallest absolute Gasteiger partial charge is 0.416 e. The molecule has 2 aliphatic rings. The highest BCUT2D eigenvalue weighted by atomic mass is 19.4. The summed E-state index contributed by atoms with van der Waals surface area (Å²) >= 11 is 0. The van der Waals surface area contributed by atoms with Crippen molar-refractivity contribution in [3.63, 3.8) is 0 Å². The topological polar surface area (TPSA) is 52.6 Å². The van der Waals surface area contributed by atoms with Crippen LogP contribution in [0, 0.1) is 24.2 Å². The fourth-order valence-electron chi connectivity index (χ4n) is 6.39. The molecule has 45 heavy (non-hydrogen) atoms. The number of carbonyl (C=O) groups excluding carboxylic acids is 2. The summed E-state index contributed by atoms with van der Waals surface area (Å²) in [6.07, 6.45) is -3.62. The van der Waals surface area contributed by atoms with E-state index in [1.165, 1.54) is 0 Å². The number of rotatable bonds is 5. The number of ether oxygens (including phenoxy) is 2. The zero-order chi connectivity index (χ0) is 32.7. The van der Waals surface area contributed by atoms with Crippen LogP contribution in [0.3, 0.4) is 0 Å². The van der Waals surface area contributed by atoms with E-state index in [4.69, 9.17) is 9.47 Å². The number of carbonyl (C=O) groups is 2. The van der Waals surface area contributed by atoms with Crippen molar-refractivity contribution < 1.29 is 45.4 Å². The van der Waals surface area contributed by atoms with Gasteiger partial charge in [0.2, 0.25) is 0 Å². The second kappa shape index (κ2) is 11.9. The predicted octanol–water partition coefficient (Wildman–Crippen LogP) is 8.97. The minimum absolute atomic E-state index is 0.123. The molecule has 0 aromatic heterocycles. The van der Waals surface area contributed by atoms with Crippen molar-refractivity contribution >= 4 is 11.9 Å². The fourth-order valence-corrected chi connectivity index (χ4v) is 6.39. The highest BCUT2D eigenvalue weighted by Gasteiger charge is 2.57. The Kier molecular flexibility index (Phi) is 8.46. The number of aryl methyl sites for hydroxylation is 1. The Morgan fingerprint density at radius 2 is 1.20 bits per heavy atom. The minimum Gasteiger partial charge on any atom is -0.454 e. The molecular formula is C35H30F6O4. The molecule has 4 nitrogen and oxygen atoms in total. The predicted molar refractivity (Wildman–Crippen MR) is 154 cm³/mol. The van der Waals surface area contributed by atoms with Gasteiger partial charge in [0.1, 0.15) is 12.2 Å². The number of benzene rings is 3. The number of halogens is 6. The number of fused-ring (bicyclic) bond motifs is 1. The van der Waals surface area contributed by atoms with Gasteiger partial charge in [0.25, 0.3) is 0 Å². The first-order valence-corrected chi connectivity index (χ1v) is 14.3. The van der Waals surface area contributed by atoms with Crippen LogP contribution in [-0.4, -0.2) is 24.1 Å². The molecule has 0 amide bonds. The molecule has 0 spiro atoms. The van der Waals surface area contributed by atoms with E-state index in [1.807, 2.05) is 69.3 Å². The van der Waals surface area contributed by atoms with Crippen molar-refractivity contribution in [3.05, 3.63) is 130 Å². The molecule has 6 unspecified atom stereocenters. The maximum Gasteiger partial charge on any atom is 0.416 e. The summed E-state index contributed by atoms with van der Waals surface area (Å²) < 4.78 is 91.1. The van der Waals surface area contributed by atoms with Gasteiger partial charge in [0, 0.05) is 11.8 Å². The lowest BCUT2D eigenvalue weighted by molar-refractivity contribution is -0.138. The molecule has 3 aromatic carbocycles. The van der Waals surface area contributed by atoms with Crippen molar-refractivity contribution in [3.8, 4) is 0 Å². The van der Waals surface area contributed by atoms with E-state index in [0.717, 1.165) is 59.7 Å². The summed E-state index contributed by atoms with van der Waals surface area (Å²) in [6.45, 7) is 5.74. The van der Waals surface area contributed by atoms with Gasteiger partial charge in [-0.3, -0.25) is 0 Å². The zero-order valence-electron chi connectivity index (χ0n) is 24.5. The monoisotopic (exact) mass is 628 g/mol. The summed E-state index contributed by atoms with van der Waals surface area (Å²) in [7, 11) is 0. The van der Waals surface area contributed by atoms with Crippen LogP contribution >= 0.6 is 0 Å². The van der Waals surface area contributed by atoms with E-state index in [-0.39, 0.29) is 17.0 Å². The first-order chi connectivity index (χ1) is 21.1. The number of hydrogen-bond acceptors (Lipinski definition) is 4. The van der Waals surface area contributed by atoms with Crippen LogP contribution in [0.2, 0.25) is 0 Å². The summed E-state index contributed by atoms with van der Waals surface area (Å²) in [5.41, 5.74) is -1.01. The Morgan fingerprint density at radius 3 is 1.69 bits per heavy atom. The molecule has 0 saturated heterocycles. The first-order valence-electron chi connectivity index (χ1n) is 14.3. The molecule has 2 aliphatic carbocycles. The third kappa shape index (κ3) is 6.28. The standard InChI is InChI=1S/C35H30F6O4/c1-20-8-4-5-9-26(20)28-27-10-6-7-19-33(27,3)21(2)29(44-31(42)22-11-15-24(16-12-22)34(36,37)38)30(28)45-32(43)23-13-17-25(18-14-23)35(39,40)41/h4-19,21,27-30H,1-3H3. The van der Waals surface area contributed by atoms with Crippen LogP contribution in [-0.2, 0) is 21.8 Å². The molecule has 10 heteroatoms. The quantitative estimate of drug-likeness (QED) is 0.209. The SMILES string of the molecule is Cc1ccccc1C1C(OC(=O)c2ccc(C(F)(F)F)cc2)C(OC(=O)c2ccc(C(F)(F)F)cc2)C(C)C2(C)C=CC=CC12. The minimum atomic E-state index is -4.60. The van der Waals surface area contributed by atoms with Gasteiger partial charge in [0.15, 0.2) is 0 Å². The second-order valence-electron chi connectivity index (χ2n) is 11.7. The van der Waals surface area contributed by atoms with E-state index in [1.54, 1.807) is 0 Å². The molecule has 6 atom stereocenters. The maximum absolute atomic E-state index is 13.5. The van der Waals surface area contributed by atoms with Crippen molar-refractivity contribution in [2.75, 3.05) is 0 Å². The lowest BCUT2D eigenvalue weighted by Crippen LogP contribution is -2.57. The third-order valence-corrected chi connectivity index (χ3v) is 9.07. The number of alkyl halides is 6. The number of esters is 2. The normalized spacial score (nSPS) is 26.2. The van der Waals surface area contributed by atoms with Crippen LogP contribution in [0.4, 0.5) is 26.3 Å². The summed E-state index contributed by atoms with van der Waals surface area (Å²) in [6, 6.07) is 14.7. The molecule has 1 fully saturated rings. The molecule has 3 aromatic rings. The van der Waals surface area contributed by atoms with Crippen LogP contribution < -0.4 is 0 Å². The van der Waals surface area contributed by atoms with E-state index in [0.29, 0.717) is 0 Å². The van der Waals surface area contributed by atoms with Crippen molar-refractivity contribution in [1.29, 1.82) is 0 Å². The Bertz CT molecular complexity index is 1620. The molecule has 1 saturated carbocycles. The Morgan fingerprint density at radius 1 is 0.711 bits per heavy atom. The summed E-state index contributed by atoms with van der Waals surface area (Å²) in [5, 5.41) is 0. The van der Waals surface area contributed by atoms with Gasteiger partial charge in [0.05, 0.1) is 22.3 Å². The molecular weight excluding hydrogens is 598 g/mol. The molecule has 0 bridgehead atoms. The Balaban J connectivity index is 1.57. The Hall–Kier alpha value is -4.34. The fraction of sp³-hybridized carbons (Fsp3) is 0.314. The largest absolute Gasteiger partial charge is 0.454 e. The highest BCUT2D eigenvalue weighted by Crippen LogP contribution is 2.56. The lowest BCUT2D eigenvalue weighted by atomic mass is 9.53. The molecule has 0 N–H and O–H groups in total. The van der Waals surface area contributed by atoms with Crippen molar-refractivity contribution in [1.82, 2.24) is 0 Å².